The lowest BCUT2D eigenvalue weighted by Gasteiger charge is -2.08. The van der Waals surface area contributed by atoms with Crippen LogP contribution in [0.25, 0.3) is 10.9 Å². The van der Waals surface area contributed by atoms with E-state index in [-0.39, 0.29) is 0 Å². The summed E-state index contributed by atoms with van der Waals surface area (Å²) in [5.41, 5.74) is -0.272. The third kappa shape index (κ3) is 3.04. The number of rotatable bonds is 6. The summed E-state index contributed by atoms with van der Waals surface area (Å²) < 4.78 is 5.60. The second kappa shape index (κ2) is 6.32. The summed E-state index contributed by atoms with van der Waals surface area (Å²) in [6.07, 6.45) is 4.50. The molecule has 0 atom stereocenters. The third-order valence-corrected chi connectivity index (χ3v) is 3.20. The molecule has 0 saturated carbocycles. The predicted molar refractivity (Wildman–Crippen MR) is 77.5 cm³/mol. The SMILES string of the molecule is CCCCCCOc1ccc2c(O)c(O)c(=O)[nH]c2c1. The van der Waals surface area contributed by atoms with Gasteiger partial charge in [-0.25, -0.2) is 0 Å². The smallest absolute Gasteiger partial charge is 0.294 e. The van der Waals surface area contributed by atoms with E-state index in [0.717, 1.165) is 12.8 Å². The molecule has 0 aliphatic carbocycles. The number of unbranched alkanes of at least 4 members (excludes halogenated alkanes) is 3. The molecule has 2 aromatic rings. The van der Waals surface area contributed by atoms with E-state index in [9.17, 15) is 15.0 Å². The first-order valence-electron chi connectivity index (χ1n) is 6.84. The molecule has 0 spiro atoms. The van der Waals surface area contributed by atoms with Crippen LogP contribution in [-0.2, 0) is 0 Å². The van der Waals surface area contributed by atoms with Gasteiger partial charge in [0.25, 0.3) is 5.56 Å². The van der Waals surface area contributed by atoms with E-state index in [2.05, 4.69) is 11.9 Å². The maximum Gasteiger partial charge on any atom is 0.294 e. The van der Waals surface area contributed by atoms with Crippen LogP contribution in [0.15, 0.2) is 23.0 Å². The van der Waals surface area contributed by atoms with Gasteiger partial charge in [0, 0.05) is 11.5 Å². The standard InChI is InChI=1S/C15H19NO4/c1-2-3-4-5-8-20-10-6-7-11-12(9-10)16-15(19)14(18)13(11)17/h6-7,9,18H,2-5,8H2,1H3,(H2,16,17,19). The topological polar surface area (TPSA) is 82.5 Å². The molecule has 0 saturated heterocycles. The molecule has 0 unspecified atom stereocenters. The van der Waals surface area contributed by atoms with Crippen LogP contribution in [0.4, 0.5) is 0 Å². The number of aromatic nitrogens is 1. The number of hydrogen-bond donors (Lipinski definition) is 3. The van der Waals surface area contributed by atoms with Gasteiger partial charge in [0.15, 0.2) is 5.75 Å². The van der Waals surface area contributed by atoms with Crippen LogP contribution in [0.1, 0.15) is 32.6 Å². The first kappa shape index (κ1) is 14.2. The molecule has 5 heteroatoms. The maximum atomic E-state index is 11.4. The zero-order valence-corrected chi connectivity index (χ0v) is 11.5. The largest absolute Gasteiger partial charge is 0.504 e. The van der Waals surface area contributed by atoms with Crippen LogP contribution in [0.2, 0.25) is 0 Å². The van der Waals surface area contributed by atoms with Gasteiger partial charge in [-0.05, 0) is 18.6 Å². The van der Waals surface area contributed by atoms with Crippen LogP contribution in [0.3, 0.4) is 0 Å². The fourth-order valence-corrected chi connectivity index (χ4v) is 2.06. The Morgan fingerprint density at radius 2 is 1.95 bits per heavy atom. The predicted octanol–water partition coefficient (Wildman–Crippen LogP) is 2.90. The Hall–Kier alpha value is -2.17. The highest BCUT2D eigenvalue weighted by Gasteiger charge is 2.10. The molecule has 1 heterocycles. The van der Waals surface area contributed by atoms with Crippen molar-refractivity contribution in [1.82, 2.24) is 4.98 Å². The van der Waals surface area contributed by atoms with Gasteiger partial charge in [0.2, 0.25) is 5.75 Å². The molecular weight excluding hydrogens is 258 g/mol. The number of benzene rings is 1. The van der Waals surface area contributed by atoms with E-state index in [4.69, 9.17) is 4.74 Å². The van der Waals surface area contributed by atoms with Crippen molar-refractivity contribution >= 4 is 10.9 Å². The minimum Gasteiger partial charge on any atom is -0.504 e. The summed E-state index contributed by atoms with van der Waals surface area (Å²) in [7, 11) is 0. The molecule has 0 radical (unpaired) electrons. The Labute approximate surface area is 116 Å². The number of aromatic hydroxyl groups is 2. The molecule has 2 rings (SSSR count). The minimum atomic E-state index is -0.713. The molecule has 1 aromatic heterocycles. The average Bonchev–Trinajstić information content (AvgIpc) is 2.44. The molecular formula is C15H19NO4. The summed E-state index contributed by atoms with van der Waals surface area (Å²) in [4.78, 5) is 13.9. The Kier molecular flexibility index (Phi) is 4.50. The van der Waals surface area contributed by atoms with Crippen molar-refractivity contribution < 1.29 is 14.9 Å². The number of nitrogens with one attached hydrogen (secondary N) is 1. The monoisotopic (exact) mass is 277 g/mol. The number of pyridine rings is 1. The van der Waals surface area contributed by atoms with Crippen molar-refractivity contribution in [3.05, 3.63) is 28.6 Å². The van der Waals surface area contributed by atoms with E-state index in [1.165, 1.54) is 12.8 Å². The van der Waals surface area contributed by atoms with Crippen molar-refractivity contribution in [1.29, 1.82) is 0 Å². The normalized spacial score (nSPS) is 10.8. The maximum absolute atomic E-state index is 11.4. The quantitative estimate of drug-likeness (QED) is 0.709. The number of H-pyrrole nitrogens is 1. The summed E-state index contributed by atoms with van der Waals surface area (Å²) in [6, 6.07) is 4.97. The lowest BCUT2D eigenvalue weighted by atomic mass is 10.2. The molecule has 0 amide bonds. The lowest BCUT2D eigenvalue weighted by Crippen LogP contribution is -2.05. The van der Waals surface area contributed by atoms with Crippen molar-refractivity contribution in [2.45, 2.75) is 32.6 Å². The van der Waals surface area contributed by atoms with E-state index < -0.39 is 17.1 Å². The molecule has 108 valence electrons. The fourth-order valence-electron chi connectivity index (χ4n) is 2.06. The highest BCUT2D eigenvalue weighted by molar-refractivity contribution is 5.87. The second-order valence-electron chi connectivity index (χ2n) is 4.77. The Balaban J connectivity index is 2.13. The van der Waals surface area contributed by atoms with Crippen molar-refractivity contribution in [3.8, 4) is 17.2 Å². The lowest BCUT2D eigenvalue weighted by molar-refractivity contribution is 0.305. The number of fused-ring (bicyclic) bond motifs is 1. The highest BCUT2D eigenvalue weighted by Crippen LogP contribution is 2.30. The molecule has 0 fully saturated rings. The van der Waals surface area contributed by atoms with Crippen LogP contribution < -0.4 is 10.3 Å². The molecule has 5 nitrogen and oxygen atoms in total. The van der Waals surface area contributed by atoms with Crippen LogP contribution in [0.5, 0.6) is 17.2 Å². The molecule has 0 aliphatic heterocycles. The van der Waals surface area contributed by atoms with E-state index >= 15 is 0 Å². The van der Waals surface area contributed by atoms with Crippen molar-refractivity contribution in [2.24, 2.45) is 0 Å². The molecule has 20 heavy (non-hydrogen) atoms. The summed E-state index contributed by atoms with van der Waals surface area (Å²) in [6.45, 7) is 2.78. The van der Waals surface area contributed by atoms with Gasteiger partial charge in [0.05, 0.1) is 12.1 Å². The summed E-state index contributed by atoms with van der Waals surface area (Å²) in [5, 5.41) is 19.5. The number of aromatic amines is 1. The van der Waals surface area contributed by atoms with Gasteiger partial charge < -0.3 is 19.9 Å². The fraction of sp³-hybridized carbons (Fsp3) is 0.400. The molecule has 3 N–H and O–H groups in total. The van der Waals surface area contributed by atoms with Gasteiger partial charge in [-0.3, -0.25) is 4.79 Å². The first-order chi connectivity index (χ1) is 9.63. The van der Waals surface area contributed by atoms with E-state index in [1.54, 1.807) is 18.2 Å². The number of hydrogen-bond acceptors (Lipinski definition) is 4. The van der Waals surface area contributed by atoms with Gasteiger partial charge in [-0.1, -0.05) is 26.2 Å². The Morgan fingerprint density at radius 3 is 2.70 bits per heavy atom. The van der Waals surface area contributed by atoms with E-state index in [0.29, 0.717) is 23.3 Å². The zero-order chi connectivity index (χ0) is 14.5. The highest BCUT2D eigenvalue weighted by atomic mass is 16.5. The van der Waals surface area contributed by atoms with Crippen LogP contribution >= 0.6 is 0 Å². The van der Waals surface area contributed by atoms with Crippen molar-refractivity contribution in [3.63, 3.8) is 0 Å². The molecule has 0 aliphatic rings. The van der Waals surface area contributed by atoms with Gasteiger partial charge in [0.1, 0.15) is 5.75 Å². The minimum absolute atomic E-state index is 0.389. The number of ether oxygens (including phenoxy) is 1. The van der Waals surface area contributed by atoms with Gasteiger partial charge in [-0.2, -0.15) is 0 Å². The molecule has 1 aromatic carbocycles. The Bertz CT molecular complexity index is 648. The second-order valence-corrected chi connectivity index (χ2v) is 4.77. The van der Waals surface area contributed by atoms with Gasteiger partial charge in [-0.15, -0.1) is 0 Å². The third-order valence-electron chi connectivity index (χ3n) is 3.20. The Morgan fingerprint density at radius 1 is 1.15 bits per heavy atom. The summed E-state index contributed by atoms with van der Waals surface area (Å²) >= 11 is 0. The first-order valence-corrected chi connectivity index (χ1v) is 6.84. The van der Waals surface area contributed by atoms with Crippen LogP contribution in [-0.4, -0.2) is 21.8 Å². The van der Waals surface area contributed by atoms with Gasteiger partial charge >= 0.3 is 0 Å². The molecule has 0 bridgehead atoms. The average molecular weight is 277 g/mol. The van der Waals surface area contributed by atoms with Crippen molar-refractivity contribution in [2.75, 3.05) is 6.61 Å². The van der Waals surface area contributed by atoms with Crippen LogP contribution in [0, 0.1) is 0 Å². The summed E-state index contributed by atoms with van der Waals surface area (Å²) in [5.74, 6) is -0.432. The van der Waals surface area contributed by atoms with E-state index in [1.807, 2.05) is 0 Å². The zero-order valence-electron chi connectivity index (χ0n) is 11.5.